The number of pyridine rings is 1. The molecule has 1 heterocycles. The van der Waals surface area contributed by atoms with Gasteiger partial charge in [-0.1, -0.05) is 109 Å². The average molecular weight is 546 g/mol. The molecule has 0 saturated carbocycles. The number of rotatable bonds is 26. The van der Waals surface area contributed by atoms with Gasteiger partial charge >= 0.3 is 12.1 Å². The lowest BCUT2D eigenvalue weighted by Gasteiger charge is -2.10. The van der Waals surface area contributed by atoms with E-state index in [-0.39, 0.29) is 19.2 Å². The smallest absolute Gasteiger partial charge is 0.407 e. The Balaban J connectivity index is 1.84. The minimum Gasteiger partial charge on any atom is -0.461 e. The van der Waals surface area contributed by atoms with Crippen molar-refractivity contribution in [2.75, 3.05) is 19.8 Å². The van der Waals surface area contributed by atoms with Crippen LogP contribution in [0, 0.1) is 0 Å². The number of nitrogens with zero attached hydrogens (tertiary/aromatic N) is 1. The Morgan fingerprint density at radius 2 is 1.18 bits per heavy atom. The molecule has 0 radical (unpaired) electrons. The van der Waals surface area contributed by atoms with E-state index in [0.717, 1.165) is 51.5 Å². The van der Waals surface area contributed by atoms with Crippen LogP contribution in [0.15, 0.2) is 42.7 Å². The Bertz CT molecular complexity index is 738. The molecule has 0 aromatic carbocycles. The molecule has 222 valence electrons. The maximum atomic E-state index is 11.9. The number of aromatic nitrogens is 1. The lowest BCUT2D eigenvalue weighted by molar-refractivity contribution is -0.697. The van der Waals surface area contributed by atoms with Crippen LogP contribution in [0.1, 0.15) is 129 Å². The lowest BCUT2D eigenvalue weighted by atomic mass is 10.0. The number of alkyl carbamates (subject to hydrolysis) is 1. The van der Waals surface area contributed by atoms with E-state index in [2.05, 4.69) is 35.8 Å². The summed E-state index contributed by atoms with van der Waals surface area (Å²) in [5.74, 6) is -0.220. The minimum absolute atomic E-state index is 0.0666. The van der Waals surface area contributed by atoms with Gasteiger partial charge in [-0.2, -0.15) is 0 Å². The fourth-order valence-electron chi connectivity index (χ4n) is 4.53. The number of hydrogen-bond acceptors (Lipinski definition) is 4. The first kappa shape index (κ1) is 34.7. The molecule has 0 aliphatic carbocycles. The molecule has 6 nitrogen and oxygen atoms in total. The highest BCUT2D eigenvalue weighted by molar-refractivity contribution is 5.69. The van der Waals surface area contributed by atoms with Gasteiger partial charge in [-0.05, 0) is 24.8 Å². The highest BCUT2D eigenvalue weighted by atomic mass is 16.6. The fraction of sp³-hybridized carbons (Fsp3) is 0.727. The molecule has 0 spiro atoms. The first-order chi connectivity index (χ1) is 19.1. The number of hydrogen-bond donors (Lipinski definition) is 1. The summed E-state index contributed by atoms with van der Waals surface area (Å²) in [6.45, 7) is 7.93. The molecule has 0 unspecified atom stereocenters. The molecule has 39 heavy (non-hydrogen) atoms. The molecule has 0 fully saturated rings. The van der Waals surface area contributed by atoms with E-state index in [1.54, 1.807) is 0 Å². The molecule has 0 aliphatic rings. The van der Waals surface area contributed by atoms with Crippen molar-refractivity contribution in [1.29, 1.82) is 0 Å². The minimum atomic E-state index is -0.438. The molecule has 6 heteroatoms. The van der Waals surface area contributed by atoms with Crippen molar-refractivity contribution >= 4 is 12.1 Å². The summed E-state index contributed by atoms with van der Waals surface area (Å²) in [5.41, 5.74) is 0.581. The summed E-state index contributed by atoms with van der Waals surface area (Å²) in [4.78, 5) is 23.8. The Kier molecular flexibility index (Phi) is 23.0. The normalized spacial score (nSPS) is 10.8. The second-order valence-corrected chi connectivity index (χ2v) is 10.8. The second-order valence-electron chi connectivity index (χ2n) is 10.8. The summed E-state index contributed by atoms with van der Waals surface area (Å²) in [7, 11) is 0. The van der Waals surface area contributed by atoms with E-state index in [1.165, 1.54) is 70.6 Å². The number of unbranched alkanes of at least 4 members (excludes halogenated alkanes) is 16. The number of carbonyl (C=O) groups excluding carboxylic acids is 2. The largest absolute Gasteiger partial charge is 0.461 e. The van der Waals surface area contributed by atoms with Gasteiger partial charge in [-0.25, -0.2) is 9.36 Å². The maximum absolute atomic E-state index is 11.9. The maximum Gasteiger partial charge on any atom is 0.407 e. The molecule has 0 atom stereocenters. The average Bonchev–Trinajstić information content (AvgIpc) is 2.95. The third kappa shape index (κ3) is 23.3. The SMILES string of the molecule is C=C(COC(=O)CCCCCCC[n+]1ccccc1)COC(=O)NCCCCCCCCCCCCCCC. The number of ether oxygens (including phenoxy) is 2. The lowest BCUT2D eigenvalue weighted by Crippen LogP contribution is -2.32. The van der Waals surface area contributed by atoms with Gasteiger partial charge < -0.3 is 14.8 Å². The van der Waals surface area contributed by atoms with E-state index >= 15 is 0 Å². The number of amides is 1. The molecule has 0 bridgehead atoms. The molecule has 1 amide bonds. The van der Waals surface area contributed by atoms with Crippen molar-refractivity contribution in [2.45, 2.75) is 135 Å². The highest BCUT2D eigenvalue weighted by Crippen LogP contribution is 2.12. The van der Waals surface area contributed by atoms with Gasteiger partial charge in [0.05, 0.1) is 0 Å². The quantitative estimate of drug-likeness (QED) is 0.0551. The number of aryl methyl sites for hydroxylation is 1. The van der Waals surface area contributed by atoms with E-state index < -0.39 is 6.09 Å². The van der Waals surface area contributed by atoms with Gasteiger partial charge in [0.1, 0.15) is 19.8 Å². The summed E-state index contributed by atoms with van der Waals surface area (Å²) in [5, 5.41) is 2.79. The van der Waals surface area contributed by atoms with Crippen LogP contribution in [0.2, 0.25) is 0 Å². The highest BCUT2D eigenvalue weighted by Gasteiger charge is 2.07. The predicted molar refractivity (Wildman–Crippen MR) is 159 cm³/mol. The van der Waals surface area contributed by atoms with Crippen molar-refractivity contribution in [3.8, 4) is 0 Å². The third-order valence-electron chi connectivity index (χ3n) is 6.97. The molecule has 1 aromatic heterocycles. The van der Waals surface area contributed by atoms with Gasteiger partial charge in [0.15, 0.2) is 12.4 Å². The van der Waals surface area contributed by atoms with Crippen molar-refractivity contribution in [1.82, 2.24) is 5.32 Å². The summed E-state index contributed by atoms with van der Waals surface area (Å²) >= 11 is 0. The van der Waals surface area contributed by atoms with Crippen molar-refractivity contribution in [2.24, 2.45) is 0 Å². The molecule has 1 N–H and O–H groups in total. The first-order valence-corrected chi connectivity index (χ1v) is 15.8. The Hall–Kier alpha value is -2.37. The number of nitrogens with one attached hydrogen (secondary N) is 1. The summed E-state index contributed by atoms with van der Waals surface area (Å²) < 4.78 is 12.6. The monoisotopic (exact) mass is 545 g/mol. The van der Waals surface area contributed by atoms with Crippen LogP contribution >= 0.6 is 0 Å². The summed E-state index contributed by atoms with van der Waals surface area (Å²) in [6.07, 6.45) is 26.4. The number of carbonyl (C=O) groups is 2. The van der Waals surface area contributed by atoms with Gasteiger partial charge in [0.2, 0.25) is 0 Å². The molecule has 0 aliphatic heterocycles. The van der Waals surface area contributed by atoms with Gasteiger partial charge in [0.25, 0.3) is 0 Å². The van der Waals surface area contributed by atoms with Crippen molar-refractivity contribution in [3.63, 3.8) is 0 Å². The fourth-order valence-corrected chi connectivity index (χ4v) is 4.53. The van der Waals surface area contributed by atoms with Gasteiger partial charge in [-0.15, -0.1) is 0 Å². The summed E-state index contributed by atoms with van der Waals surface area (Å²) in [6, 6.07) is 6.11. The zero-order chi connectivity index (χ0) is 28.2. The van der Waals surface area contributed by atoms with Crippen LogP contribution in [-0.2, 0) is 20.8 Å². The first-order valence-electron chi connectivity index (χ1n) is 15.8. The number of esters is 1. The third-order valence-corrected chi connectivity index (χ3v) is 6.97. The predicted octanol–water partition coefficient (Wildman–Crippen LogP) is 8.23. The molecule has 1 aromatic rings. The molecular weight excluding hydrogens is 488 g/mol. The van der Waals surface area contributed by atoms with Crippen LogP contribution in [-0.4, -0.2) is 31.8 Å². The van der Waals surface area contributed by atoms with E-state index in [0.29, 0.717) is 18.5 Å². The second kappa shape index (κ2) is 25.9. The van der Waals surface area contributed by atoms with E-state index in [4.69, 9.17) is 9.47 Å². The zero-order valence-corrected chi connectivity index (χ0v) is 24.9. The Morgan fingerprint density at radius 1 is 0.667 bits per heavy atom. The van der Waals surface area contributed by atoms with E-state index in [9.17, 15) is 9.59 Å². The molecule has 1 rings (SSSR count). The molecule has 0 saturated heterocycles. The van der Waals surface area contributed by atoms with Gasteiger partial charge in [0, 0.05) is 31.5 Å². The van der Waals surface area contributed by atoms with Gasteiger partial charge in [-0.3, -0.25) is 4.79 Å². The van der Waals surface area contributed by atoms with Crippen LogP contribution in [0.25, 0.3) is 0 Å². The zero-order valence-electron chi connectivity index (χ0n) is 24.9. The van der Waals surface area contributed by atoms with Crippen LogP contribution < -0.4 is 9.88 Å². The Labute approximate surface area is 238 Å². The topological polar surface area (TPSA) is 68.5 Å². The van der Waals surface area contributed by atoms with Crippen LogP contribution in [0.4, 0.5) is 4.79 Å². The van der Waals surface area contributed by atoms with Crippen molar-refractivity contribution in [3.05, 3.63) is 42.7 Å². The molecular formula is C33H57N2O4+. The van der Waals surface area contributed by atoms with E-state index in [1.807, 2.05) is 18.2 Å². The van der Waals surface area contributed by atoms with Crippen molar-refractivity contribution < 1.29 is 23.6 Å². The van der Waals surface area contributed by atoms with Crippen LogP contribution in [0.5, 0.6) is 0 Å². The Morgan fingerprint density at radius 3 is 1.79 bits per heavy atom. The standard InChI is InChI=1S/C33H56N2O4/c1-3-4-5-6-7-8-9-10-11-12-13-16-20-25-34-33(37)39-30-31(2)29-38-32(36)24-19-15-14-17-21-26-35-27-22-18-23-28-35/h18,22-23,27-28H,2-17,19-21,24-26,29-30H2,1H3/p+1. The van der Waals surface area contributed by atoms with Crippen LogP contribution in [0.3, 0.4) is 0 Å².